The van der Waals surface area contributed by atoms with Gasteiger partial charge in [-0.05, 0) is 81.2 Å². The summed E-state index contributed by atoms with van der Waals surface area (Å²) in [5.41, 5.74) is 2.72. The topological polar surface area (TPSA) is 54.3 Å². The largest absolute Gasteiger partial charge is 0.337 e. The summed E-state index contributed by atoms with van der Waals surface area (Å²) >= 11 is 0. The second-order valence-electron chi connectivity index (χ2n) is 8.66. The maximum absolute atomic E-state index is 13.5. The van der Waals surface area contributed by atoms with Gasteiger partial charge in [0.05, 0.1) is 11.4 Å². The molecule has 6 nitrogen and oxygen atoms in total. The predicted molar refractivity (Wildman–Crippen MR) is 121 cm³/mol. The Balaban J connectivity index is 1.37. The van der Waals surface area contributed by atoms with Gasteiger partial charge in [0.25, 0.3) is 5.91 Å². The van der Waals surface area contributed by atoms with Crippen molar-refractivity contribution in [2.24, 2.45) is 0 Å². The average Bonchev–Trinajstić information content (AvgIpc) is 3.31. The molecule has 0 radical (unpaired) electrons. The zero-order valence-electron chi connectivity index (χ0n) is 18.2. The van der Waals surface area contributed by atoms with Crippen LogP contribution in [-0.2, 0) is 0 Å². The van der Waals surface area contributed by atoms with Gasteiger partial charge in [0.2, 0.25) is 0 Å². The highest BCUT2D eigenvalue weighted by Gasteiger charge is 2.29. The number of pyridine rings is 1. The number of halogens is 1. The van der Waals surface area contributed by atoms with E-state index in [1.807, 2.05) is 23.1 Å². The van der Waals surface area contributed by atoms with Crippen molar-refractivity contribution in [3.8, 4) is 16.9 Å². The van der Waals surface area contributed by atoms with Gasteiger partial charge in [-0.2, -0.15) is 5.10 Å². The first-order valence-electron chi connectivity index (χ1n) is 11.5. The first kappa shape index (κ1) is 20.8. The zero-order valence-corrected chi connectivity index (χ0v) is 18.2. The molecular weight excluding hydrogens is 405 g/mol. The van der Waals surface area contributed by atoms with Gasteiger partial charge in [-0.1, -0.05) is 6.42 Å². The second kappa shape index (κ2) is 9.20. The Morgan fingerprint density at radius 2 is 1.72 bits per heavy atom. The number of aromatic nitrogens is 3. The van der Waals surface area contributed by atoms with Crippen molar-refractivity contribution in [1.29, 1.82) is 0 Å². The van der Waals surface area contributed by atoms with Gasteiger partial charge in [-0.3, -0.25) is 9.78 Å². The molecule has 2 fully saturated rings. The molecule has 2 aromatic heterocycles. The Hall–Kier alpha value is -3.06. The van der Waals surface area contributed by atoms with Crippen LogP contribution in [0.3, 0.4) is 0 Å². The number of likely N-dealkylation sites (tertiary alicyclic amines) is 2. The maximum Gasteiger partial charge on any atom is 0.274 e. The van der Waals surface area contributed by atoms with E-state index >= 15 is 0 Å². The molecule has 1 amide bonds. The standard InChI is InChI=1S/C25H28FN5O/c26-20-6-8-22(9-7-20)31-24(19-5-4-12-27-18-19)17-23(28-31)25(32)30-15-10-21(11-16-30)29-13-2-1-3-14-29/h4-9,12,17-18,21H,1-3,10-11,13-16H2. The van der Waals surface area contributed by atoms with Crippen molar-refractivity contribution < 1.29 is 9.18 Å². The molecule has 4 heterocycles. The van der Waals surface area contributed by atoms with Crippen LogP contribution >= 0.6 is 0 Å². The molecule has 3 aromatic rings. The highest BCUT2D eigenvalue weighted by atomic mass is 19.1. The molecule has 0 unspecified atom stereocenters. The van der Waals surface area contributed by atoms with E-state index in [1.165, 1.54) is 44.5 Å². The van der Waals surface area contributed by atoms with Crippen LogP contribution in [0.5, 0.6) is 0 Å². The molecule has 2 saturated heterocycles. The first-order valence-corrected chi connectivity index (χ1v) is 11.5. The molecule has 0 atom stereocenters. The summed E-state index contributed by atoms with van der Waals surface area (Å²) in [4.78, 5) is 22.1. The molecule has 0 bridgehead atoms. The summed E-state index contributed by atoms with van der Waals surface area (Å²) in [7, 11) is 0. The first-order chi connectivity index (χ1) is 15.7. The summed E-state index contributed by atoms with van der Waals surface area (Å²) in [5, 5.41) is 4.64. The summed E-state index contributed by atoms with van der Waals surface area (Å²) < 4.78 is 15.2. The molecule has 7 heteroatoms. The fourth-order valence-electron chi connectivity index (χ4n) is 4.86. The van der Waals surface area contributed by atoms with Crippen molar-refractivity contribution in [2.75, 3.05) is 26.2 Å². The fraction of sp³-hybridized carbons (Fsp3) is 0.400. The molecule has 2 aliphatic rings. The number of piperidine rings is 2. The Labute approximate surface area is 187 Å². The quantitative estimate of drug-likeness (QED) is 0.620. The van der Waals surface area contributed by atoms with Crippen LogP contribution in [0.4, 0.5) is 4.39 Å². The van der Waals surface area contributed by atoms with E-state index in [2.05, 4.69) is 15.0 Å². The minimum absolute atomic E-state index is 0.0481. The maximum atomic E-state index is 13.5. The Bertz CT molecular complexity index is 1050. The van der Waals surface area contributed by atoms with Crippen molar-refractivity contribution >= 4 is 5.91 Å². The van der Waals surface area contributed by atoms with Crippen molar-refractivity contribution in [1.82, 2.24) is 24.6 Å². The van der Waals surface area contributed by atoms with Gasteiger partial charge >= 0.3 is 0 Å². The van der Waals surface area contributed by atoms with E-state index in [1.54, 1.807) is 29.2 Å². The highest BCUT2D eigenvalue weighted by Crippen LogP contribution is 2.26. The van der Waals surface area contributed by atoms with Gasteiger partial charge < -0.3 is 9.80 Å². The third kappa shape index (κ3) is 4.30. The van der Waals surface area contributed by atoms with Crippen LogP contribution < -0.4 is 0 Å². The van der Waals surface area contributed by atoms with Crippen LogP contribution in [0.25, 0.3) is 16.9 Å². The normalized spacial score (nSPS) is 18.1. The number of hydrogen-bond donors (Lipinski definition) is 0. The molecule has 166 valence electrons. The van der Waals surface area contributed by atoms with Crippen molar-refractivity contribution in [3.05, 3.63) is 66.4 Å². The Kier molecular flexibility index (Phi) is 5.99. The molecule has 2 aliphatic heterocycles. The third-order valence-electron chi connectivity index (χ3n) is 6.62. The number of carbonyl (C=O) groups excluding carboxylic acids is 1. The van der Waals surface area contributed by atoms with Gasteiger partial charge in [0.15, 0.2) is 5.69 Å². The van der Waals surface area contributed by atoms with Crippen LogP contribution in [0.2, 0.25) is 0 Å². The monoisotopic (exact) mass is 433 g/mol. The van der Waals surface area contributed by atoms with Gasteiger partial charge in [-0.25, -0.2) is 9.07 Å². The van der Waals surface area contributed by atoms with Crippen LogP contribution in [0.1, 0.15) is 42.6 Å². The van der Waals surface area contributed by atoms with E-state index in [0.29, 0.717) is 17.4 Å². The van der Waals surface area contributed by atoms with Gasteiger partial charge in [0.1, 0.15) is 5.82 Å². The Morgan fingerprint density at radius 1 is 0.969 bits per heavy atom. The lowest BCUT2D eigenvalue weighted by Crippen LogP contribution is -2.48. The van der Waals surface area contributed by atoms with E-state index in [4.69, 9.17) is 0 Å². The predicted octanol–water partition coefficient (Wildman–Crippen LogP) is 4.16. The second-order valence-corrected chi connectivity index (χ2v) is 8.66. The van der Waals surface area contributed by atoms with E-state index in [9.17, 15) is 9.18 Å². The number of benzene rings is 1. The smallest absolute Gasteiger partial charge is 0.274 e. The van der Waals surface area contributed by atoms with Gasteiger partial charge in [0, 0.05) is 37.1 Å². The molecular formula is C25H28FN5O. The molecule has 32 heavy (non-hydrogen) atoms. The van der Waals surface area contributed by atoms with Crippen LogP contribution in [-0.4, -0.2) is 62.7 Å². The summed E-state index contributed by atoms with van der Waals surface area (Å²) in [6.07, 6.45) is 9.40. The Morgan fingerprint density at radius 3 is 2.41 bits per heavy atom. The molecule has 0 spiro atoms. The molecule has 0 N–H and O–H groups in total. The minimum Gasteiger partial charge on any atom is -0.337 e. The third-order valence-corrected chi connectivity index (χ3v) is 6.62. The summed E-state index contributed by atoms with van der Waals surface area (Å²) in [6.45, 7) is 3.89. The van der Waals surface area contributed by atoms with Crippen LogP contribution in [0.15, 0.2) is 54.9 Å². The average molecular weight is 434 g/mol. The lowest BCUT2D eigenvalue weighted by molar-refractivity contribution is 0.0584. The molecule has 0 saturated carbocycles. The number of hydrogen-bond acceptors (Lipinski definition) is 4. The number of carbonyl (C=O) groups is 1. The minimum atomic E-state index is -0.309. The number of nitrogens with zero attached hydrogens (tertiary/aromatic N) is 5. The van der Waals surface area contributed by atoms with E-state index in [0.717, 1.165) is 37.2 Å². The summed E-state index contributed by atoms with van der Waals surface area (Å²) in [6, 6.07) is 12.3. The highest BCUT2D eigenvalue weighted by molar-refractivity contribution is 5.93. The van der Waals surface area contributed by atoms with E-state index in [-0.39, 0.29) is 11.7 Å². The SMILES string of the molecule is O=C(c1cc(-c2cccnc2)n(-c2ccc(F)cc2)n1)N1CCC(N2CCCCC2)CC1. The molecule has 5 rings (SSSR count). The van der Waals surface area contributed by atoms with Crippen molar-refractivity contribution in [2.45, 2.75) is 38.1 Å². The lowest BCUT2D eigenvalue weighted by atomic mass is 9.99. The zero-order chi connectivity index (χ0) is 21.9. The van der Waals surface area contributed by atoms with Crippen molar-refractivity contribution in [3.63, 3.8) is 0 Å². The summed E-state index contributed by atoms with van der Waals surface area (Å²) in [5.74, 6) is -0.357. The van der Waals surface area contributed by atoms with E-state index < -0.39 is 0 Å². The molecule has 1 aromatic carbocycles. The number of rotatable bonds is 4. The van der Waals surface area contributed by atoms with Gasteiger partial charge in [-0.15, -0.1) is 0 Å². The van der Waals surface area contributed by atoms with Crippen LogP contribution in [0, 0.1) is 5.82 Å². The fourth-order valence-corrected chi connectivity index (χ4v) is 4.86. The molecule has 0 aliphatic carbocycles. The number of amides is 1. The lowest BCUT2D eigenvalue weighted by Gasteiger charge is -2.40.